The normalized spacial score (nSPS) is 17.1. The highest BCUT2D eigenvalue weighted by molar-refractivity contribution is 5.97. The number of likely N-dealkylation sites (tertiary alicyclic amines) is 1. The van der Waals surface area contributed by atoms with E-state index in [0.717, 1.165) is 4.57 Å². The molecule has 43 heavy (non-hydrogen) atoms. The van der Waals surface area contributed by atoms with Crippen molar-refractivity contribution in [1.29, 1.82) is 0 Å². The first-order chi connectivity index (χ1) is 20.5. The second-order valence-corrected chi connectivity index (χ2v) is 10.1. The maximum atomic E-state index is 14.7. The largest absolute Gasteiger partial charge is 0.495 e. The molecule has 3 N–H and O–H groups in total. The summed E-state index contributed by atoms with van der Waals surface area (Å²) in [7, 11) is 4.48. The Morgan fingerprint density at radius 2 is 1.91 bits per heavy atom. The van der Waals surface area contributed by atoms with E-state index in [9.17, 15) is 27.2 Å². The highest BCUT2D eigenvalue weighted by atomic mass is 19.4. The van der Waals surface area contributed by atoms with Crippen molar-refractivity contribution in [2.24, 2.45) is 0 Å². The van der Waals surface area contributed by atoms with Gasteiger partial charge in [0.1, 0.15) is 25.0 Å². The highest BCUT2D eigenvalue weighted by Gasteiger charge is 2.31. The third-order valence-electron chi connectivity index (χ3n) is 7.04. The number of carbonyl (C=O) groups excluding carboxylic acids is 2. The quantitative estimate of drug-likeness (QED) is 0.193. The summed E-state index contributed by atoms with van der Waals surface area (Å²) >= 11 is 0. The van der Waals surface area contributed by atoms with Crippen molar-refractivity contribution >= 4 is 34.2 Å². The molecule has 0 saturated carbocycles. The van der Waals surface area contributed by atoms with Gasteiger partial charge in [0.25, 0.3) is 5.91 Å². The van der Waals surface area contributed by atoms with Crippen LogP contribution < -0.4 is 20.7 Å². The number of hydrogen-bond acceptors (Lipinski definition) is 7. The Morgan fingerprint density at radius 1 is 1.12 bits per heavy atom. The van der Waals surface area contributed by atoms with E-state index < -0.39 is 36.8 Å². The lowest BCUT2D eigenvalue weighted by Crippen LogP contribution is -2.46. The summed E-state index contributed by atoms with van der Waals surface area (Å²) < 4.78 is 66.3. The summed E-state index contributed by atoms with van der Waals surface area (Å²) in [6, 6.07) is 10.7. The standard InChI is InChI=1S/C30H33F4N5O4/c1-38-13-11-24(22(31)17-38)37-23-7-4-8-26-21(23)15-20(39(26)18-30(32,33)34)6-5-12-35-25-10-9-19(14-27(25)42-2)29(41)36-16-28(40)43-3/h4,7-10,14-15,22,24,35,37H,11-13,16-18H2,1-3H3,(H,36,41)/t22-,24+/m0/s1. The molecule has 3 aromatic rings. The molecule has 230 valence electrons. The van der Waals surface area contributed by atoms with Crippen LogP contribution in [0.4, 0.5) is 28.9 Å². The Labute approximate surface area is 246 Å². The van der Waals surface area contributed by atoms with Crippen LogP contribution in [0.25, 0.3) is 10.9 Å². The highest BCUT2D eigenvalue weighted by Crippen LogP contribution is 2.32. The zero-order valence-corrected chi connectivity index (χ0v) is 24.0. The van der Waals surface area contributed by atoms with Crippen molar-refractivity contribution in [3.63, 3.8) is 0 Å². The third-order valence-corrected chi connectivity index (χ3v) is 7.04. The van der Waals surface area contributed by atoms with E-state index in [1.165, 1.54) is 26.4 Å². The minimum atomic E-state index is -4.49. The molecule has 1 fully saturated rings. The first-order valence-electron chi connectivity index (χ1n) is 13.5. The van der Waals surface area contributed by atoms with Gasteiger partial charge in [-0.05, 0) is 55.8 Å². The van der Waals surface area contributed by atoms with Crippen molar-refractivity contribution in [2.45, 2.75) is 31.4 Å². The number of anilines is 2. The van der Waals surface area contributed by atoms with Gasteiger partial charge in [0.15, 0.2) is 0 Å². The van der Waals surface area contributed by atoms with Crippen LogP contribution in [0.3, 0.4) is 0 Å². The van der Waals surface area contributed by atoms with Gasteiger partial charge in [0.05, 0.1) is 43.7 Å². The fourth-order valence-corrected chi connectivity index (χ4v) is 4.86. The number of piperidine rings is 1. The predicted octanol–water partition coefficient (Wildman–Crippen LogP) is 4.03. The van der Waals surface area contributed by atoms with E-state index in [-0.39, 0.29) is 30.9 Å². The number of ether oxygens (including phenoxy) is 2. The average molecular weight is 604 g/mol. The van der Waals surface area contributed by atoms with Gasteiger partial charge in [-0.15, -0.1) is 0 Å². The number of methoxy groups -OCH3 is 2. The Bertz CT molecular complexity index is 1530. The molecule has 0 bridgehead atoms. The number of aromatic nitrogens is 1. The number of alkyl halides is 4. The maximum absolute atomic E-state index is 14.7. The first-order valence-corrected chi connectivity index (χ1v) is 13.5. The van der Waals surface area contributed by atoms with Gasteiger partial charge in [-0.1, -0.05) is 12.0 Å². The summed E-state index contributed by atoms with van der Waals surface area (Å²) in [5, 5.41) is 9.21. The van der Waals surface area contributed by atoms with Crippen molar-refractivity contribution in [3.05, 3.63) is 53.7 Å². The second-order valence-electron chi connectivity index (χ2n) is 10.1. The van der Waals surface area contributed by atoms with Gasteiger partial charge < -0.3 is 34.9 Å². The van der Waals surface area contributed by atoms with E-state index >= 15 is 0 Å². The molecule has 0 aliphatic carbocycles. The number of nitrogens with one attached hydrogen (secondary N) is 3. The lowest BCUT2D eigenvalue weighted by Gasteiger charge is -2.33. The van der Waals surface area contributed by atoms with Crippen molar-refractivity contribution in [2.75, 3.05) is 58.1 Å². The molecule has 2 aromatic carbocycles. The number of benzene rings is 2. The Hall–Kier alpha value is -4.44. The molecule has 1 aliphatic heterocycles. The minimum absolute atomic E-state index is 0.0576. The fourth-order valence-electron chi connectivity index (χ4n) is 4.86. The van der Waals surface area contributed by atoms with E-state index in [1.807, 2.05) is 11.9 Å². The number of carbonyl (C=O) groups is 2. The molecule has 2 atom stereocenters. The van der Waals surface area contributed by atoms with Gasteiger partial charge in [0.2, 0.25) is 0 Å². The van der Waals surface area contributed by atoms with Gasteiger partial charge >= 0.3 is 12.1 Å². The summed E-state index contributed by atoms with van der Waals surface area (Å²) in [6.45, 7) is -0.470. The number of esters is 1. The molecule has 2 heterocycles. The Balaban J connectivity index is 1.53. The molecule has 9 nitrogen and oxygen atoms in total. The number of amides is 1. The van der Waals surface area contributed by atoms with Gasteiger partial charge in [-0.2, -0.15) is 13.2 Å². The van der Waals surface area contributed by atoms with Gasteiger partial charge in [0, 0.05) is 29.7 Å². The van der Waals surface area contributed by atoms with Crippen LogP contribution in [-0.2, 0) is 16.1 Å². The molecular formula is C30H33F4N5O4. The van der Waals surface area contributed by atoms with Crippen LogP contribution in [0.5, 0.6) is 5.75 Å². The molecule has 0 radical (unpaired) electrons. The fraction of sp³-hybridized carbons (Fsp3) is 0.400. The molecule has 1 saturated heterocycles. The Morgan fingerprint density at radius 3 is 2.60 bits per heavy atom. The van der Waals surface area contributed by atoms with Crippen LogP contribution in [0.1, 0.15) is 22.5 Å². The molecule has 1 aromatic heterocycles. The van der Waals surface area contributed by atoms with Crippen LogP contribution in [0, 0.1) is 11.8 Å². The van der Waals surface area contributed by atoms with E-state index in [4.69, 9.17) is 4.74 Å². The molecule has 13 heteroatoms. The number of nitrogens with zero attached hydrogens (tertiary/aromatic N) is 2. The van der Waals surface area contributed by atoms with Crippen molar-refractivity contribution in [3.8, 4) is 17.6 Å². The zero-order chi connectivity index (χ0) is 31.1. The average Bonchev–Trinajstić information content (AvgIpc) is 3.31. The van der Waals surface area contributed by atoms with Gasteiger partial charge in [-0.25, -0.2) is 4.39 Å². The lowest BCUT2D eigenvalue weighted by molar-refractivity contribution is -0.140. The van der Waals surface area contributed by atoms with Crippen molar-refractivity contribution < 1.29 is 36.6 Å². The number of fused-ring (bicyclic) bond motifs is 1. The third kappa shape index (κ3) is 8.10. The second kappa shape index (κ2) is 13.7. The van der Waals surface area contributed by atoms with Crippen LogP contribution in [0.2, 0.25) is 0 Å². The topological polar surface area (TPSA) is 96.9 Å². The van der Waals surface area contributed by atoms with Gasteiger partial charge in [-0.3, -0.25) is 9.59 Å². The predicted molar refractivity (Wildman–Crippen MR) is 155 cm³/mol. The number of hydrogen-bond donors (Lipinski definition) is 3. The van der Waals surface area contributed by atoms with E-state index in [1.54, 1.807) is 30.3 Å². The SMILES string of the molecule is COC(=O)CNC(=O)c1ccc(NCC#Cc2cc3c(N[C@@H]4CCN(C)C[C@@H]4F)cccc3n2CC(F)(F)F)c(OC)c1. The van der Waals surface area contributed by atoms with E-state index in [0.29, 0.717) is 41.0 Å². The van der Waals surface area contributed by atoms with Crippen LogP contribution in [0.15, 0.2) is 42.5 Å². The number of halogens is 4. The zero-order valence-electron chi connectivity index (χ0n) is 24.0. The summed E-state index contributed by atoms with van der Waals surface area (Å²) in [6.07, 6.45) is -5.03. The minimum Gasteiger partial charge on any atom is -0.495 e. The lowest BCUT2D eigenvalue weighted by atomic mass is 10.0. The molecule has 1 aliphatic rings. The first kappa shape index (κ1) is 31.5. The van der Waals surface area contributed by atoms with Crippen molar-refractivity contribution in [1.82, 2.24) is 14.8 Å². The molecule has 1 amide bonds. The maximum Gasteiger partial charge on any atom is 0.406 e. The molecule has 0 unspecified atom stereocenters. The molecular weight excluding hydrogens is 570 g/mol. The summed E-state index contributed by atoms with van der Waals surface area (Å²) in [4.78, 5) is 25.5. The summed E-state index contributed by atoms with van der Waals surface area (Å²) in [5.41, 5.74) is 1.80. The number of rotatable bonds is 9. The Kier molecular flexibility index (Phi) is 10.0. The van der Waals surface area contributed by atoms with Crippen LogP contribution in [-0.4, -0.2) is 87.2 Å². The summed E-state index contributed by atoms with van der Waals surface area (Å²) in [5.74, 6) is 4.93. The smallest absolute Gasteiger partial charge is 0.406 e. The monoisotopic (exact) mass is 603 g/mol. The molecule has 4 rings (SSSR count). The van der Waals surface area contributed by atoms with E-state index in [2.05, 4.69) is 32.5 Å². The van der Waals surface area contributed by atoms with Crippen LogP contribution >= 0.6 is 0 Å². The molecule has 0 spiro atoms.